The second-order valence-electron chi connectivity index (χ2n) is 6.90. The Morgan fingerprint density at radius 1 is 1.21 bits per heavy atom. The zero-order valence-electron chi connectivity index (χ0n) is 16.5. The standard InChI is InChI=1S/C20H27N3O4S2/c1-2-3-20(24)22-17-4-6-18(7-5-17)29(25,26)21-14-19(16-8-13-28-15-16)23-9-11-27-12-10-23/h4-8,13,15,19,21H,2-3,9-12,14H2,1H3,(H,22,24). The highest BCUT2D eigenvalue weighted by Gasteiger charge is 2.25. The van der Waals surface area contributed by atoms with Gasteiger partial charge in [0.1, 0.15) is 0 Å². The Kier molecular flexibility index (Phi) is 7.79. The maximum atomic E-state index is 12.8. The van der Waals surface area contributed by atoms with Crippen LogP contribution in [0.15, 0.2) is 46.0 Å². The van der Waals surface area contributed by atoms with E-state index in [0.29, 0.717) is 25.3 Å². The van der Waals surface area contributed by atoms with Crippen LogP contribution in [0.3, 0.4) is 0 Å². The molecule has 3 rings (SSSR count). The SMILES string of the molecule is CCCC(=O)Nc1ccc(S(=O)(=O)NCC(c2ccsc2)N2CCOCC2)cc1. The normalized spacial score (nSPS) is 16.4. The van der Waals surface area contributed by atoms with E-state index in [1.165, 1.54) is 12.1 Å². The second kappa shape index (κ2) is 10.3. The largest absolute Gasteiger partial charge is 0.379 e. The third-order valence-corrected chi connectivity index (χ3v) is 6.95. The van der Waals surface area contributed by atoms with Crippen LogP contribution in [0.1, 0.15) is 31.4 Å². The topological polar surface area (TPSA) is 87.7 Å². The molecule has 0 spiro atoms. The molecule has 29 heavy (non-hydrogen) atoms. The molecule has 1 saturated heterocycles. The number of amides is 1. The van der Waals surface area contributed by atoms with Gasteiger partial charge in [0, 0.05) is 37.8 Å². The molecule has 1 aliphatic heterocycles. The molecule has 9 heteroatoms. The Morgan fingerprint density at radius 3 is 2.55 bits per heavy atom. The molecule has 0 saturated carbocycles. The van der Waals surface area contributed by atoms with Crippen molar-refractivity contribution in [1.29, 1.82) is 0 Å². The van der Waals surface area contributed by atoms with Gasteiger partial charge < -0.3 is 10.1 Å². The van der Waals surface area contributed by atoms with Gasteiger partial charge in [-0.05, 0) is 53.1 Å². The number of nitrogens with one attached hydrogen (secondary N) is 2. The van der Waals surface area contributed by atoms with Crippen molar-refractivity contribution < 1.29 is 17.9 Å². The number of rotatable bonds is 9. The molecule has 1 unspecified atom stereocenters. The van der Waals surface area contributed by atoms with E-state index >= 15 is 0 Å². The van der Waals surface area contributed by atoms with Crippen LogP contribution in [-0.4, -0.2) is 52.1 Å². The first-order valence-electron chi connectivity index (χ1n) is 9.73. The van der Waals surface area contributed by atoms with E-state index < -0.39 is 10.0 Å². The van der Waals surface area contributed by atoms with Gasteiger partial charge in [0.15, 0.2) is 0 Å². The Bertz CT molecular complexity index is 877. The summed E-state index contributed by atoms with van der Waals surface area (Å²) in [5.74, 6) is -0.0784. The average molecular weight is 438 g/mol. The summed E-state index contributed by atoms with van der Waals surface area (Å²) in [4.78, 5) is 14.1. The van der Waals surface area contributed by atoms with E-state index in [-0.39, 0.29) is 23.4 Å². The Balaban J connectivity index is 1.66. The van der Waals surface area contributed by atoms with Gasteiger partial charge in [-0.1, -0.05) is 6.92 Å². The van der Waals surface area contributed by atoms with E-state index in [1.807, 2.05) is 18.4 Å². The molecule has 1 fully saturated rings. The molecule has 1 aliphatic rings. The first kappa shape index (κ1) is 21.9. The molecule has 1 aromatic carbocycles. The molecule has 2 aromatic rings. The second-order valence-corrected chi connectivity index (χ2v) is 9.44. The van der Waals surface area contributed by atoms with E-state index in [4.69, 9.17) is 4.74 Å². The monoisotopic (exact) mass is 437 g/mol. The Morgan fingerprint density at radius 2 is 1.93 bits per heavy atom. The van der Waals surface area contributed by atoms with Crippen LogP contribution in [0.4, 0.5) is 5.69 Å². The van der Waals surface area contributed by atoms with Gasteiger partial charge in [-0.2, -0.15) is 11.3 Å². The van der Waals surface area contributed by atoms with Gasteiger partial charge in [0.05, 0.1) is 18.1 Å². The van der Waals surface area contributed by atoms with E-state index in [0.717, 1.165) is 25.1 Å². The summed E-state index contributed by atoms with van der Waals surface area (Å²) in [5, 5.41) is 6.82. The van der Waals surface area contributed by atoms with Crippen molar-refractivity contribution >= 4 is 33.0 Å². The number of thiophene rings is 1. The van der Waals surface area contributed by atoms with Crippen LogP contribution in [0.5, 0.6) is 0 Å². The van der Waals surface area contributed by atoms with Gasteiger partial charge in [-0.25, -0.2) is 13.1 Å². The molecule has 1 amide bonds. The van der Waals surface area contributed by atoms with Crippen LogP contribution in [-0.2, 0) is 19.6 Å². The number of carbonyl (C=O) groups excluding carboxylic acids is 1. The van der Waals surface area contributed by atoms with Crippen molar-refractivity contribution in [2.24, 2.45) is 0 Å². The molecule has 158 valence electrons. The minimum Gasteiger partial charge on any atom is -0.379 e. The lowest BCUT2D eigenvalue weighted by Crippen LogP contribution is -2.43. The summed E-state index contributed by atoms with van der Waals surface area (Å²) in [5.41, 5.74) is 1.69. The Hall–Kier alpha value is -1.78. The summed E-state index contributed by atoms with van der Waals surface area (Å²) in [6.07, 6.45) is 1.20. The molecule has 0 bridgehead atoms. The summed E-state index contributed by atoms with van der Waals surface area (Å²) in [6, 6.07) is 8.25. The number of anilines is 1. The minimum atomic E-state index is -3.66. The molecule has 2 heterocycles. The molecule has 7 nitrogen and oxygen atoms in total. The summed E-state index contributed by atoms with van der Waals surface area (Å²) >= 11 is 1.60. The molecule has 1 atom stereocenters. The zero-order valence-corrected chi connectivity index (χ0v) is 18.1. The van der Waals surface area contributed by atoms with E-state index in [2.05, 4.69) is 20.3 Å². The third-order valence-electron chi connectivity index (χ3n) is 4.81. The number of carbonyl (C=O) groups is 1. The van der Waals surface area contributed by atoms with Gasteiger partial charge in [-0.15, -0.1) is 0 Å². The van der Waals surface area contributed by atoms with Gasteiger partial charge in [0.2, 0.25) is 15.9 Å². The van der Waals surface area contributed by atoms with Crippen LogP contribution >= 0.6 is 11.3 Å². The zero-order chi connectivity index (χ0) is 20.7. The summed E-state index contributed by atoms with van der Waals surface area (Å²) < 4.78 is 33.7. The van der Waals surface area contributed by atoms with Crippen LogP contribution < -0.4 is 10.0 Å². The quantitative estimate of drug-likeness (QED) is 0.630. The predicted octanol–water partition coefficient (Wildman–Crippen LogP) is 2.84. The molecule has 2 N–H and O–H groups in total. The highest BCUT2D eigenvalue weighted by atomic mass is 32.2. The van der Waals surface area contributed by atoms with Gasteiger partial charge >= 0.3 is 0 Å². The van der Waals surface area contributed by atoms with Crippen molar-refractivity contribution in [2.75, 3.05) is 38.2 Å². The molecule has 0 aliphatic carbocycles. The van der Waals surface area contributed by atoms with Crippen molar-refractivity contribution in [2.45, 2.75) is 30.7 Å². The predicted molar refractivity (Wildman–Crippen MR) is 115 cm³/mol. The summed E-state index contributed by atoms with van der Waals surface area (Å²) in [6.45, 7) is 5.06. The number of hydrogen-bond donors (Lipinski definition) is 2. The highest BCUT2D eigenvalue weighted by molar-refractivity contribution is 7.89. The first-order chi connectivity index (χ1) is 14.0. The highest BCUT2D eigenvalue weighted by Crippen LogP contribution is 2.24. The molecule has 0 radical (unpaired) electrons. The maximum Gasteiger partial charge on any atom is 0.240 e. The van der Waals surface area contributed by atoms with Crippen LogP contribution in [0.25, 0.3) is 0 Å². The number of ether oxygens (including phenoxy) is 1. The number of hydrogen-bond acceptors (Lipinski definition) is 6. The fourth-order valence-electron chi connectivity index (χ4n) is 3.25. The van der Waals surface area contributed by atoms with Crippen molar-refractivity contribution in [3.63, 3.8) is 0 Å². The first-order valence-corrected chi connectivity index (χ1v) is 12.2. The maximum absolute atomic E-state index is 12.8. The van der Waals surface area contributed by atoms with Gasteiger partial charge in [0.25, 0.3) is 0 Å². The summed E-state index contributed by atoms with van der Waals surface area (Å²) in [7, 11) is -3.66. The van der Waals surface area contributed by atoms with Crippen LogP contribution in [0.2, 0.25) is 0 Å². The number of nitrogens with zero attached hydrogens (tertiary/aromatic N) is 1. The van der Waals surface area contributed by atoms with Crippen LogP contribution in [0, 0.1) is 0 Å². The van der Waals surface area contributed by atoms with E-state index in [1.54, 1.807) is 23.5 Å². The number of benzene rings is 1. The lowest BCUT2D eigenvalue weighted by atomic mass is 10.1. The fourth-order valence-corrected chi connectivity index (χ4v) is 5.00. The lowest BCUT2D eigenvalue weighted by molar-refractivity contribution is -0.116. The lowest BCUT2D eigenvalue weighted by Gasteiger charge is -2.34. The minimum absolute atomic E-state index is 0.0347. The Labute approximate surface area is 176 Å². The third kappa shape index (κ3) is 6.10. The van der Waals surface area contributed by atoms with Crippen molar-refractivity contribution in [1.82, 2.24) is 9.62 Å². The number of sulfonamides is 1. The smallest absolute Gasteiger partial charge is 0.240 e. The van der Waals surface area contributed by atoms with Crippen molar-refractivity contribution in [3.05, 3.63) is 46.7 Å². The molecule has 1 aromatic heterocycles. The molecular weight excluding hydrogens is 410 g/mol. The molecular formula is C20H27N3O4S2. The average Bonchev–Trinajstić information content (AvgIpc) is 3.24. The fraction of sp³-hybridized carbons (Fsp3) is 0.450. The van der Waals surface area contributed by atoms with Crippen molar-refractivity contribution in [3.8, 4) is 0 Å². The van der Waals surface area contributed by atoms with Gasteiger partial charge in [-0.3, -0.25) is 9.69 Å². The van der Waals surface area contributed by atoms with E-state index in [9.17, 15) is 13.2 Å². The number of morpholine rings is 1.